The molecule has 0 aliphatic carbocycles. The Bertz CT molecular complexity index is 267. The molecule has 0 bridgehead atoms. The van der Waals surface area contributed by atoms with Crippen molar-refractivity contribution in [3.05, 3.63) is 23.6 Å². The third kappa shape index (κ3) is 4.44. The molecule has 0 atom stereocenters. The average molecular weight is 239 g/mol. The van der Waals surface area contributed by atoms with Crippen molar-refractivity contribution in [3.8, 4) is 0 Å². The maximum absolute atomic E-state index is 11.8. The number of carbonyl (C=O) groups is 1. The number of hydrogen-bond donors (Lipinski definition) is 0. The monoisotopic (exact) mass is 239 g/mol. The minimum atomic E-state index is 0.313. The topological polar surface area (TPSA) is 20.3 Å². The fourth-order valence-electron chi connectivity index (χ4n) is 1.95. The molecule has 0 unspecified atom stereocenters. The molecule has 1 heterocycles. The minimum absolute atomic E-state index is 0.313. The van der Waals surface area contributed by atoms with Gasteiger partial charge in [0.2, 0.25) is 5.91 Å². The highest BCUT2D eigenvalue weighted by Crippen LogP contribution is 2.17. The summed E-state index contributed by atoms with van der Waals surface area (Å²) in [6.07, 6.45) is 8.72. The SMILES string of the molecule is C=CC/C(=C\SC)CCC(=O)N1CCCC1. The van der Waals surface area contributed by atoms with Gasteiger partial charge in [-0.2, -0.15) is 0 Å². The van der Waals surface area contributed by atoms with E-state index in [9.17, 15) is 4.79 Å². The van der Waals surface area contributed by atoms with Crippen LogP contribution in [0.25, 0.3) is 0 Å². The molecule has 3 heteroatoms. The quantitative estimate of drug-likeness (QED) is 0.663. The Morgan fingerprint density at radius 1 is 1.38 bits per heavy atom. The van der Waals surface area contributed by atoms with Gasteiger partial charge in [-0.05, 0) is 37.3 Å². The molecule has 1 aliphatic heterocycles. The van der Waals surface area contributed by atoms with Crippen LogP contribution in [0.4, 0.5) is 0 Å². The number of rotatable bonds is 6. The smallest absolute Gasteiger partial charge is 0.222 e. The molecular formula is C13H21NOS. The van der Waals surface area contributed by atoms with Crippen LogP contribution in [0.3, 0.4) is 0 Å². The van der Waals surface area contributed by atoms with Gasteiger partial charge in [0.1, 0.15) is 0 Å². The Balaban J connectivity index is 2.33. The van der Waals surface area contributed by atoms with E-state index in [1.54, 1.807) is 11.8 Å². The third-order valence-electron chi connectivity index (χ3n) is 2.81. The second-order valence-electron chi connectivity index (χ2n) is 4.09. The zero-order valence-electron chi connectivity index (χ0n) is 10.1. The first-order valence-corrected chi connectivity index (χ1v) is 7.16. The van der Waals surface area contributed by atoms with Crippen molar-refractivity contribution in [1.82, 2.24) is 4.90 Å². The van der Waals surface area contributed by atoms with E-state index in [-0.39, 0.29) is 0 Å². The Morgan fingerprint density at radius 2 is 2.06 bits per heavy atom. The number of amides is 1. The lowest BCUT2D eigenvalue weighted by atomic mass is 10.1. The summed E-state index contributed by atoms with van der Waals surface area (Å²) in [5.41, 5.74) is 1.31. The fourth-order valence-corrected chi connectivity index (χ4v) is 2.50. The molecule has 1 saturated heterocycles. The molecule has 0 radical (unpaired) electrons. The van der Waals surface area contributed by atoms with E-state index in [0.717, 1.165) is 25.9 Å². The lowest BCUT2D eigenvalue weighted by Crippen LogP contribution is -2.27. The highest BCUT2D eigenvalue weighted by atomic mass is 32.2. The molecule has 0 aromatic carbocycles. The van der Waals surface area contributed by atoms with Crippen LogP contribution in [-0.4, -0.2) is 30.2 Å². The van der Waals surface area contributed by atoms with Gasteiger partial charge >= 0.3 is 0 Å². The number of thioether (sulfide) groups is 1. The van der Waals surface area contributed by atoms with Crippen LogP contribution in [0.15, 0.2) is 23.6 Å². The van der Waals surface area contributed by atoms with Gasteiger partial charge in [0, 0.05) is 19.5 Å². The highest BCUT2D eigenvalue weighted by molar-refractivity contribution is 8.01. The van der Waals surface area contributed by atoms with E-state index in [4.69, 9.17) is 0 Å². The van der Waals surface area contributed by atoms with Gasteiger partial charge in [-0.25, -0.2) is 0 Å². The van der Waals surface area contributed by atoms with Crippen LogP contribution in [0, 0.1) is 0 Å². The molecule has 0 spiro atoms. The van der Waals surface area contributed by atoms with Gasteiger partial charge in [-0.1, -0.05) is 11.6 Å². The summed E-state index contributed by atoms with van der Waals surface area (Å²) in [7, 11) is 0. The Kier molecular flexibility index (Phi) is 6.31. The zero-order valence-corrected chi connectivity index (χ0v) is 10.9. The normalized spacial score (nSPS) is 16.6. The molecule has 1 aliphatic rings. The van der Waals surface area contributed by atoms with E-state index >= 15 is 0 Å². The molecule has 16 heavy (non-hydrogen) atoms. The van der Waals surface area contributed by atoms with Crippen LogP contribution in [-0.2, 0) is 4.79 Å². The Morgan fingerprint density at radius 3 is 2.62 bits per heavy atom. The molecule has 0 saturated carbocycles. The van der Waals surface area contributed by atoms with Crippen molar-refractivity contribution >= 4 is 17.7 Å². The van der Waals surface area contributed by atoms with Crippen molar-refractivity contribution < 1.29 is 4.79 Å². The molecule has 90 valence electrons. The van der Waals surface area contributed by atoms with Crippen molar-refractivity contribution in [2.75, 3.05) is 19.3 Å². The van der Waals surface area contributed by atoms with Crippen molar-refractivity contribution in [2.45, 2.75) is 32.1 Å². The van der Waals surface area contributed by atoms with E-state index in [0.29, 0.717) is 12.3 Å². The van der Waals surface area contributed by atoms with E-state index < -0.39 is 0 Å². The second-order valence-corrected chi connectivity index (χ2v) is 4.80. The second kappa shape index (κ2) is 7.55. The van der Waals surface area contributed by atoms with Gasteiger partial charge in [0.15, 0.2) is 0 Å². The number of nitrogens with zero attached hydrogens (tertiary/aromatic N) is 1. The summed E-state index contributed by atoms with van der Waals surface area (Å²) in [5, 5.41) is 2.14. The summed E-state index contributed by atoms with van der Waals surface area (Å²) in [6.45, 7) is 5.66. The van der Waals surface area contributed by atoms with Crippen LogP contribution < -0.4 is 0 Å². The molecule has 0 N–H and O–H groups in total. The van der Waals surface area contributed by atoms with Crippen LogP contribution in [0.5, 0.6) is 0 Å². The maximum Gasteiger partial charge on any atom is 0.222 e. The largest absolute Gasteiger partial charge is 0.343 e. The number of likely N-dealkylation sites (tertiary alicyclic amines) is 1. The standard InChI is InChI=1S/C13H21NOS/c1-3-6-12(11-16-2)7-8-13(15)14-9-4-5-10-14/h3,11H,1,4-10H2,2H3/b12-11+. The summed E-state index contributed by atoms with van der Waals surface area (Å²) >= 11 is 1.70. The van der Waals surface area contributed by atoms with Gasteiger partial charge in [-0.3, -0.25) is 4.79 Å². The summed E-state index contributed by atoms with van der Waals surface area (Å²) in [6, 6.07) is 0. The van der Waals surface area contributed by atoms with E-state index in [2.05, 4.69) is 12.0 Å². The van der Waals surface area contributed by atoms with E-state index in [1.807, 2.05) is 17.2 Å². The molecule has 1 amide bonds. The first-order valence-electron chi connectivity index (χ1n) is 5.87. The third-order valence-corrected chi connectivity index (χ3v) is 3.38. The van der Waals surface area contributed by atoms with Crippen molar-refractivity contribution in [2.24, 2.45) is 0 Å². The van der Waals surface area contributed by atoms with Gasteiger partial charge in [0.05, 0.1) is 0 Å². The Hall–Kier alpha value is -0.700. The fraction of sp³-hybridized carbons (Fsp3) is 0.615. The zero-order chi connectivity index (χ0) is 11.8. The first-order chi connectivity index (χ1) is 7.77. The lowest BCUT2D eigenvalue weighted by molar-refractivity contribution is -0.130. The van der Waals surface area contributed by atoms with Gasteiger partial charge < -0.3 is 4.90 Å². The molecule has 1 fully saturated rings. The van der Waals surface area contributed by atoms with Crippen molar-refractivity contribution in [3.63, 3.8) is 0 Å². The molecule has 1 rings (SSSR count). The van der Waals surface area contributed by atoms with Crippen LogP contribution in [0.2, 0.25) is 0 Å². The van der Waals surface area contributed by atoms with E-state index in [1.165, 1.54) is 18.4 Å². The number of carbonyl (C=O) groups excluding carboxylic acids is 1. The molecule has 0 aromatic rings. The van der Waals surface area contributed by atoms with Crippen molar-refractivity contribution in [1.29, 1.82) is 0 Å². The number of allylic oxidation sites excluding steroid dienone is 2. The lowest BCUT2D eigenvalue weighted by Gasteiger charge is -2.15. The van der Waals surface area contributed by atoms with Gasteiger partial charge in [0.25, 0.3) is 0 Å². The number of hydrogen-bond acceptors (Lipinski definition) is 2. The first kappa shape index (κ1) is 13.4. The average Bonchev–Trinajstić information content (AvgIpc) is 2.79. The molecule has 0 aromatic heterocycles. The maximum atomic E-state index is 11.8. The highest BCUT2D eigenvalue weighted by Gasteiger charge is 2.17. The van der Waals surface area contributed by atoms with Gasteiger partial charge in [-0.15, -0.1) is 18.3 Å². The molecular weight excluding hydrogens is 218 g/mol. The Labute approximate surface area is 103 Å². The summed E-state index contributed by atoms with van der Waals surface area (Å²) in [4.78, 5) is 13.8. The summed E-state index contributed by atoms with van der Waals surface area (Å²) < 4.78 is 0. The predicted octanol–water partition coefficient (Wildman–Crippen LogP) is 3.21. The summed E-state index contributed by atoms with van der Waals surface area (Å²) in [5.74, 6) is 0.313. The van der Waals surface area contributed by atoms with Crippen LogP contribution >= 0.6 is 11.8 Å². The minimum Gasteiger partial charge on any atom is -0.343 e. The van der Waals surface area contributed by atoms with Crippen LogP contribution in [0.1, 0.15) is 32.1 Å². The predicted molar refractivity (Wildman–Crippen MR) is 71.5 cm³/mol. The molecule has 2 nitrogen and oxygen atoms in total.